The number of hydrogen-bond acceptors (Lipinski definition) is 7. The molecule has 0 atom stereocenters. The summed E-state index contributed by atoms with van der Waals surface area (Å²) in [4.78, 5) is 24.8. The van der Waals surface area contributed by atoms with Gasteiger partial charge >= 0.3 is 0 Å². The predicted octanol–water partition coefficient (Wildman–Crippen LogP) is 5.68. The van der Waals surface area contributed by atoms with Crippen molar-refractivity contribution in [3.05, 3.63) is 89.3 Å². The molecule has 0 aliphatic carbocycles. The number of carbonyl (C=O) groups excluding carboxylic acids is 1. The van der Waals surface area contributed by atoms with Crippen LogP contribution in [0.2, 0.25) is 10.0 Å². The highest BCUT2D eigenvalue weighted by atomic mass is 35.5. The van der Waals surface area contributed by atoms with Gasteiger partial charge in [0, 0.05) is 28.7 Å². The van der Waals surface area contributed by atoms with Gasteiger partial charge in [-0.1, -0.05) is 29.3 Å². The summed E-state index contributed by atoms with van der Waals surface area (Å²) in [5, 5.41) is 9.91. The third-order valence-electron chi connectivity index (χ3n) is 4.28. The van der Waals surface area contributed by atoms with Gasteiger partial charge in [-0.2, -0.15) is 0 Å². The molecule has 10 heteroatoms. The number of rotatable bonds is 8. The number of pyridine rings is 1. The van der Waals surface area contributed by atoms with Crippen LogP contribution in [0.5, 0.6) is 5.75 Å². The van der Waals surface area contributed by atoms with Gasteiger partial charge < -0.3 is 20.7 Å². The zero-order valence-corrected chi connectivity index (χ0v) is 18.6. The molecule has 2 aromatic carbocycles. The van der Waals surface area contributed by atoms with Crippen LogP contribution < -0.4 is 20.7 Å². The zero-order valence-electron chi connectivity index (χ0n) is 17.1. The van der Waals surface area contributed by atoms with Gasteiger partial charge in [-0.25, -0.2) is 15.0 Å². The van der Waals surface area contributed by atoms with Crippen LogP contribution in [0, 0.1) is 0 Å². The van der Waals surface area contributed by atoms with Gasteiger partial charge in [-0.15, -0.1) is 0 Å². The van der Waals surface area contributed by atoms with Crippen molar-refractivity contribution >= 4 is 57.9 Å². The molecule has 2 heterocycles. The average molecular weight is 481 g/mol. The smallest absolute Gasteiger partial charge is 0.262 e. The van der Waals surface area contributed by atoms with Gasteiger partial charge in [0.2, 0.25) is 0 Å². The minimum Gasteiger partial charge on any atom is -0.482 e. The van der Waals surface area contributed by atoms with E-state index in [4.69, 9.17) is 27.9 Å². The molecule has 0 saturated heterocycles. The van der Waals surface area contributed by atoms with Crippen LogP contribution in [0.3, 0.4) is 0 Å². The van der Waals surface area contributed by atoms with Crippen molar-refractivity contribution in [1.29, 1.82) is 0 Å². The fourth-order valence-corrected chi connectivity index (χ4v) is 3.24. The second-order valence-electron chi connectivity index (χ2n) is 6.74. The van der Waals surface area contributed by atoms with Gasteiger partial charge in [0.05, 0.1) is 5.02 Å². The lowest BCUT2D eigenvalue weighted by atomic mass is 10.2. The molecule has 1 amide bonds. The lowest BCUT2D eigenvalue weighted by Crippen LogP contribution is -2.20. The van der Waals surface area contributed by atoms with Gasteiger partial charge in [-0.05, 0) is 54.6 Å². The Kier molecular flexibility index (Phi) is 7.19. The number of nitrogens with zero attached hydrogens (tertiary/aromatic N) is 3. The summed E-state index contributed by atoms with van der Waals surface area (Å²) < 4.78 is 5.44. The van der Waals surface area contributed by atoms with Crippen molar-refractivity contribution in [2.45, 2.75) is 0 Å². The van der Waals surface area contributed by atoms with E-state index in [0.717, 1.165) is 5.69 Å². The van der Waals surface area contributed by atoms with E-state index in [0.29, 0.717) is 38.9 Å². The van der Waals surface area contributed by atoms with Gasteiger partial charge in [0.1, 0.15) is 29.5 Å². The quantitative estimate of drug-likeness (QED) is 0.298. The Bertz CT molecular complexity index is 1240. The molecular formula is C23H18Cl2N6O2. The van der Waals surface area contributed by atoms with E-state index >= 15 is 0 Å². The summed E-state index contributed by atoms with van der Waals surface area (Å²) in [6.45, 7) is -0.186. The van der Waals surface area contributed by atoms with E-state index in [1.807, 2.05) is 30.3 Å². The Morgan fingerprint density at radius 2 is 1.58 bits per heavy atom. The number of anilines is 5. The molecule has 4 rings (SSSR count). The van der Waals surface area contributed by atoms with Crippen molar-refractivity contribution in [2.24, 2.45) is 0 Å². The highest BCUT2D eigenvalue weighted by Crippen LogP contribution is 2.27. The molecule has 0 fully saturated rings. The van der Waals surface area contributed by atoms with E-state index in [1.54, 1.807) is 42.6 Å². The summed E-state index contributed by atoms with van der Waals surface area (Å²) in [6.07, 6.45) is 3.15. The largest absolute Gasteiger partial charge is 0.482 e. The molecule has 0 saturated carbocycles. The molecule has 2 aromatic heterocycles. The van der Waals surface area contributed by atoms with E-state index in [2.05, 4.69) is 30.9 Å². The Morgan fingerprint density at radius 3 is 2.30 bits per heavy atom. The number of nitrogens with one attached hydrogen (secondary N) is 3. The Labute approximate surface area is 200 Å². The maximum Gasteiger partial charge on any atom is 0.262 e. The number of hydrogen-bond donors (Lipinski definition) is 3. The molecule has 33 heavy (non-hydrogen) atoms. The lowest BCUT2D eigenvalue weighted by Gasteiger charge is -2.10. The second kappa shape index (κ2) is 10.6. The number of carbonyl (C=O) groups is 1. The summed E-state index contributed by atoms with van der Waals surface area (Å²) in [5.41, 5.74) is 1.41. The van der Waals surface area contributed by atoms with Crippen molar-refractivity contribution in [3.63, 3.8) is 0 Å². The maximum atomic E-state index is 12.2. The molecule has 0 unspecified atom stereocenters. The Balaban J connectivity index is 1.31. The van der Waals surface area contributed by atoms with Crippen molar-refractivity contribution in [3.8, 4) is 5.75 Å². The van der Waals surface area contributed by atoms with Crippen LogP contribution >= 0.6 is 23.2 Å². The lowest BCUT2D eigenvalue weighted by molar-refractivity contribution is -0.118. The van der Waals surface area contributed by atoms with Crippen molar-refractivity contribution in [2.75, 3.05) is 22.6 Å². The normalized spacial score (nSPS) is 10.4. The zero-order chi connectivity index (χ0) is 23.0. The van der Waals surface area contributed by atoms with Crippen molar-refractivity contribution in [1.82, 2.24) is 15.0 Å². The monoisotopic (exact) mass is 480 g/mol. The first kappa shape index (κ1) is 22.3. The topological polar surface area (TPSA) is 101 Å². The molecule has 8 nitrogen and oxygen atoms in total. The number of halogens is 2. The number of amides is 1. The third-order valence-corrected chi connectivity index (χ3v) is 4.81. The average Bonchev–Trinajstić information content (AvgIpc) is 2.81. The fourth-order valence-electron chi connectivity index (χ4n) is 2.78. The molecule has 0 aliphatic heterocycles. The van der Waals surface area contributed by atoms with E-state index in [1.165, 1.54) is 6.33 Å². The standard InChI is InChI=1S/C23H18Cl2N6O2/c24-15-4-9-19(18(25)11-15)33-13-23(32)30-17-7-5-16(6-8-17)29-21-12-22(28-14-27-21)31-20-3-1-2-10-26-20/h1-12,14H,13H2,(H,30,32)(H2,26,27,28,29,31). The molecule has 0 radical (unpaired) electrons. The molecule has 3 N–H and O–H groups in total. The first-order valence-electron chi connectivity index (χ1n) is 9.80. The van der Waals surface area contributed by atoms with Crippen LogP contribution in [-0.2, 0) is 4.79 Å². The van der Waals surface area contributed by atoms with Crippen LogP contribution in [0.25, 0.3) is 0 Å². The SMILES string of the molecule is O=C(COc1ccc(Cl)cc1Cl)Nc1ccc(Nc2cc(Nc3ccccn3)ncn2)cc1. The molecule has 0 spiro atoms. The predicted molar refractivity (Wildman–Crippen MR) is 130 cm³/mol. The summed E-state index contributed by atoms with van der Waals surface area (Å²) in [6, 6.07) is 19.3. The Morgan fingerprint density at radius 1 is 0.818 bits per heavy atom. The second-order valence-corrected chi connectivity index (χ2v) is 7.59. The van der Waals surface area contributed by atoms with Gasteiger partial charge in [0.15, 0.2) is 6.61 Å². The first-order chi connectivity index (χ1) is 16.0. The third kappa shape index (κ3) is 6.55. The number of ether oxygens (including phenoxy) is 1. The van der Waals surface area contributed by atoms with E-state index < -0.39 is 0 Å². The highest BCUT2D eigenvalue weighted by Gasteiger charge is 2.08. The number of aromatic nitrogens is 3. The van der Waals surface area contributed by atoms with Gasteiger partial charge in [-0.3, -0.25) is 4.79 Å². The molecule has 0 aliphatic rings. The van der Waals surface area contributed by atoms with Crippen LogP contribution in [0.4, 0.5) is 28.8 Å². The summed E-state index contributed by atoms with van der Waals surface area (Å²) >= 11 is 11.9. The van der Waals surface area contributed by atoms with Crippen LogP contribution in [0.15, 0.2) is 79.3 Å². The van der Waals surface area contributed by atoms with E-state index in [9.17, 15) is 4.79 Å². The molecule has 4 aromatic rings. The molecular weight excluding hydrogens is 463 g/mol. The first-order valence-corrected chi connectivity index (χ1v) is 10.6. The minimum absolute atomic E-state index is 0.186. The highest BCUT2D eigenvalue weighted by molar-refractivity contribution is 6.35. The van der Waals surface area contributed by atoms with Crippen LogP contribution in [0.1, 0.15) is 0 Å². The minimum atomic E-state index is -0.317. The Hall–Kier alpha value is -3.88. The number of benzene rings is 2. The fraction of sp³-hybridized carbons (Fsp3) is 0.0435. The summed E-state index contributed by atoms with van der Waals surface area (Å²) in [7, 11) is 0. The van der Waals surface area contributed by atoms with Crippen LogP contribution in [-0.4, -0.2) is 27.5 Å². The maximum absolute atomic E-state index is 12.2. The van der Waals surface area contributed by atoms with E-state index in [-0.39, 0.29) is 12.5 Å². The van der Waals surface area contributed by atoms with Crippen molar-refractivity contribution < 1.29 is 9.53 Å². The molecule has 0 bridgehead atoms. The van der Waals surface area contributed by atoms with Gasteiger partial charge in [0.25, 0.3) is 5.91 Å². The summed E-state index contributed by atoms with van der Waals surface area (Å²) in [5.74, 6) is 1.97. The molecule has 166 valence electrons.